The molecule has 4 nitrogen and oxygen atoms in total. The first kappa shape index (κ1) is 19.8. The average molecular weight is 458 g/mol. The van der Waals surface area contributed by atoms with Crippen LogP contribution in [0.15, 0.2) is 58.6 Å². The quantitative estimate of drug-likeness (QED) is 0.380. The third kappa shape index (κ3) is 3.62. The number of hydrogen-bond donors (Lipinski definition) is 1. The molecule has 0 spiro atoms. The summed E-state index contributed by atoms with van der Waals surface area (Å²) in [7, 11) is 0. The molecule has 1 atom stereocenters. The number of hydrogen-bond acceptors (Lipinski definition) is 3. The summed E-state index contributed by atoms with van der Waals surface area (Å²) >= 11 is 3.23. The van der Waals surface area contributed by atoms with Crippen LogP contribution in [0.25, 0.3) is 5.76 Å². The van der Waals surface area contributed by atoms with E-state index in [2.05, 4.69) is 15.9 Å². The molecule has 0 bridgehead atoms. The molecule has 1 N–H and O–H groups in total. The average Bonchev–Trinajstić information content (AvgIpc) is 3.00. The zero-order chi connectivity index (χ0) is 20.5. The van der Waals surface area contributed by atoms with E-state index in [0.29, 0.717) is 10.0 Å². The number of carbonyl (C=O) groups is 2. The second-order valence-corrected chi connectivity index (χ2v) is 8.49. The van der Waals surface area contributed by atoms with Crippen LogP contribution in [0, 0.1) is 11.7 Å². The third-order valence-electron chi connectivity index (χ3n) is 5.80. The van der Waals surface area contributed by atoms with Crippen molar-refractivity contribution in [1.82, 2.24) is 0 Å². The minimum atomic E-state index is -0.792. The van der Waals surface area contributed by atoms with Crippen LogP contribution in [-0.2, 0) is 9.59 Å². The van der Waals surface area contributed by atoms with E-state index in [0.717, 1.165) is 32.1 Å². The first-order chi connectivity index (χ1) is 14.0. The van der Waals surface area contributed by atoms with E-state index in [9.17, 15) is 19.1 Å². The lowest BCUT2D eigenvalue weighted by Gasteiger charge is -2.34. The predicted molar refractivity (Wildman–Crippen MR) is 113 cm³/mol. The highest BCUT2D eigenvalue weighted by Crippen LogP contribution is 2.42. The molecule has 1 saturated heterocycles. The van der Waals surface area contributed by atoms with Crippen molar-refractivity contribution in [2.24, 2.45) is 5.92 Å². The number of ketones is 1. The number of amides is 1. The molecule has 1 saturated carbocycles. The van der Waals surface area contributed by atoms with E-state index in [1.165, 1.54) is 17.0 Å². The lowest BCUT2D eigenvalue weighted by atomic mass is 9.80. The van der Waals surface area contributed by atoms with Gasteiger partial charge in [0, 0.05) is 10.0 Å². The van der Waals surface area contributed by atoms with E-state index in [4.69, 9.17) is 0 Å². The van der Waals surface area contributed by atoms with Gasteiger partial charge in [-0.3, -0.25) is 14.5 Å². The second kappa shape index (κ2) is 8.11. The summed E-state index contributed by atoms with van der Waals surface area (Å²) in [5, 5.41) is 11.0. The molecular weight excluding hydrogens is 437 g/mol. The van der Waals surface area contributed by atoms with Crippen molar-refractivity contribution in [3.63, 3.8) is 0 Å². The van der Waals surface area contributed by atoms with Gasteiger partial charge >= 0.3 is 0 Å². The number of carbonyl (C=O) groups excluding carboxylic acids is 2. The molecular formula is C23H21BrFNO3. The van der Waals surface area contributed by atoms with Crippen molar-refractivity contribution < 1.29 is 19.1 Å². The molecule has 6 heteroatoms. The molecule has 1 aliphatic heterocycles. The van der Waals surface area contributed by atoms with Gasteiger partial charge in [0.1, 0.15) is 11.6 Å². The van der Waals surface area contributed by atoms with Crippen LogP contribution in [0.5, 0.6) is 0 Å². The van der Waals surface area contributed by atoms with Crippen LogP contribution in [0.2, 0.25) is 0 Å². The minimum absolute atomic E-state index is 0.0111. The topological polar surface area (TPSA) is 57.6 Å². The first-order valence-electron chi connectivity index (χ1n) is 9.80. The van der Waals surface area contributed by atoms with Crippen molar-refractivity contribution in [3.05, 3.63) is 70.0 Å². The molecule has 2 aromatic carbocycles. The molecule has 1 aliphatic carbocycles. The molecule has 1 amide bonds. The van der Waals surface area contributed by atoms with Crippen LogP contribution in [0.4, 0.5) is 10.1 Å². The standard InChI is InChI=1S/C23H21BrFNO3/c24-16-11-12-18(17(25)13-16)26-20(14-7-3-1-4-8-14)19(22(28)23(26)29)21(27)15-9-5-2-6-10-15/h2,5-6,9-14,20,27H,1,3-4,7-8H2/b21-19-. The minimum Gasteiger partial charge on any atom is -0.507 e. The monoisotopic (exact) mass is 457 g/mol. The van der Waals surface area contributed by atoms with Crippen LogP contribution >= 0.6 is 15.9 Å². The largest absolute Gasteiger partial charge is 0.507 e. The molecule has 2 fully saturated rings. The van der Waals surface area contributed by atoms with Gasteiger partial charge in [-0.15, -0.1) is 0 Å². The number of Topliss-reactive ketones (excluding diaryl/α,β-unsaturated/α-hetero) is 1. The Morgan fingerprint density at radius 2 is 1.72 bits per heavy atom. The maximum absolute atomic E-state index is 14.8. The maximum Gasteiger partial charge on any atom is 0.299 e. The molecule has 1 unspecified atom stereocenters. The fraction of sp³-hybridized carbons (Fsp3) is 0.304. The van der Waals surface area contributed by atoms with E-state index in [-0.39, 0.29) is 22.9 Å². The van der Waals surface area contributed by atoms with Crippen molar-refractivity contribution in [2.75, 3.05) is 4.90 Å². The zero-order valence-corrected chi connectivity index (χ0v) is 17.4. The van der Waals surface area contributed by atoms with E-state index in [1.54, 1.807) is 30.3 Å². The highest BCUT2D eigenvalue weighted by atomic mass is 79.9. The maximum atomic E-state index is 14.8. The summed E-state index contributed by atoms with van der Waals surface area (Å²) in [5.74, 6) is -2.34. The normalized spacial score (nSPS) is 22.3. The van der Waals surface area contributed by atoms with Gasteiger partial charge in [0.05, 0.1) is 17.3 Å². The number of aliphatic hydroxyl groups excluding tert-OH is 1. The van der Waals surface area contributed by atoms with Crippen molar-refractivity contribution in [2.45, 2.75) is 38.1 Å². The molecule has 0 radical (unpaired) electrons. The fourth-order valence-corrected chi connectivity index (χ4v) is 4.78. The number of rotatable bonds is 3. The highest BCUT2D eigenvalue weighted by molar-refractivity contribution is 9.10. The zero-order valence-electron chi connectivity index (χ0n) is 15.8. The number of nitrogens with zero attached hydrogens (tertiary/aromatic N) is 1. The van der Waals surface area contributed by atoms with Crippen molar-refractivity contribution in [1.29, 1.82) is 0 Å². The fourth-order valence-electron chi connectivity index (χ4n) is 4.45. The van der Waals surface area contributed by atoms with Gasteiger partial charge in [-0.1, -0.05) is 65.5 Å². The number of aliphatic hydroxyl groups is 1. The van der Waals surface area contributed by atoms with Gasteiger partial charge < -0.3 is 5.11 Å². The van der Waals surface area contributed by atoms with E-state index >= 15 is 0 Å². The third-order valence-corrected chi connectivity index (χ3v) is 6.29. The van der Waals surface area contributed by atoms with E-state index < -0.39 is 23.5 Å². The van der Waals surface area contributed by atoms with Gasteiger partial charge in [0.25, 0.3) is 11.7 Å². The Morgan fingerprint density at radius 1 is 1.03 bits per heavy atom. The molecule has 150 valence electrons. The summed E-state index contributed by atoms with van der Waals surface area (Å²) in [6, 6.07) is 12.5. The summed E-state index contributed by atoms with van der Waals surface area (Å²) < 4.78 is 15.3. The summed E-state index contributed by atoms with van der Waals surface area (Å²) in [6.07, 6.45) is 4.72. The first-order valence-corrected chi connectivity index (χ1v) is 10.6. The van der Waals surface area contributed by atoms with Crippen LogP contribution < -0.4 is 4.90 Å². The number of anilines is 1. The lowest BCUT2D eigenvalue weighted by Crippen LogP contribution is -2.40. The van der Waals surface area contributed by atoms with Gasteiger partial charge in [-0.2, -0.15) is 0 Å². The number of benzene rings is 2. The van der Waals surface area contributed by atoms with Crippen molar-refractivity contribution >= 4 is 39.1 Å². The highest BCUT2D eigenvalue weighted by Gasteiger charge is 2.50. The van der Waals surface area contributed by atoms with E-state index in [1.807, 2.05) is 6.07 Å². The predicted octanol–water partition coefficient (Wildman–Crippen LogP) is 5.42. The Bertz CT molecular complexity index is 983. The second-order valence-electron chi connectivity index (χ2n) is 7.57. The van der Waals surface area contributed by atoms with Gasteiger partial charge in [-0.05, 0) is 37.0 Å². The lowest BCUT2D eigenvalue weighted by molar-refractivity contribution is -0.132. The molecule has 1 heterocycles. The van der Waals surface area contributed by atoms with Gasteiger partial charge in [-0.25, -0.2) is 4.39 Å². The van der Waals surface area contributed by atoms with Crippen molar-refractivity contribution in [3.8, 4) is 0 Å². The SMILES string of the molecule is O=C1C(=O)N(c2ccc(Br)cc2F)C(C2CCCCC2)/C1=C(/O)c1ccccc1. The summed E-state index contributed by atoms with van der Waals surface area (Å²) in [4.78, 5) is 27.2. The molecule has 4 rings (SSSR count). The summed E-state index contributed by atoms with van der Waals surface area (Å²) in [5.41, 5.74) is 0.621. The summed E-state index contributed by atoms with van der Waals surface area (Å²) in [6.45, 7) is 0. The Morgan fingerprint density at radius 3 is 2.38 bits per heavy atom. The molecule has 29 heavy (non-hydrogen) atoms. The van der Waals surface area contributed by atoms with Crippen LogP contribution in [-0.4, -0.2) is 22.8 Å². The number of halogens is 2. The Hall–Kier alpha value is -2.47. The van der Waals surface area contributed by atoms with Gasteiger partial charge in [0.15, 0.2) is 0 Å². The molecule has 2 aromatic rings. The molecule has 0 aromatic heterocycles. The van der Waals surface area contributed by atoms with Crippen LogP contribution in [0.3, 0.4) is 0 Å². The Labute approximate surface area is 177 Å². The Balaban J connectivity index is 1.88. The smallest absolute Gasteiger partial charge is 0.299 e. The van der Waals surface area contributed by atoms with Crippen LogP contribution in [0.1, 0.15) is 37.7 Å². The molecule has 2 aliphatic rings. The Kier molecular flexibility index (Phi) is 5.54. The van der Waals surface area contributed by atoms with Gasteiger partial charge in [0.2, 0.25) is 0 Å².